The van der Waals surface area contributed by atoms with E-state index in [1.165, 1.54) is 30.5 Å². The van der Waals surface area contributed by atoms with Gasteiger partial charge in [0.25, 0.3) is 0 Å². The maximum atomic E-state index is 12.3. The monoisotopic (exact) mass is 325 g/mol. The molecule has 2 rings (SSSR count). The predicted molar refractivity (Wildman–Crippen MR) is 77.3 cm³/mol. The minimum Gasteiger partial charge on any atom is -0.481 e. The maximum absolute atomic E-state index is 12.3. The lowest BCUT2D eigenvalue weighted by Gasteiger charge is -2.01. The zero-order chi connectivity index (χ0) is 15.6. The molecule has 5 nitrogen and oxygen atoms in total. The Balaban J connectivity index is 2.27. The van der Waals surface area contributed by atoms with Gasteiger partial charge in [-0.05, 0) is 24.3 Å². The number of hydrogen-bond donors (Lipinski definition) is 2. The van der Waals surface area contributed by atoms with E-state index < -0.39 is 18.2 Å². The summed E-state index contributed by atoms with van der Waals surface area (Å²) in [4.78, 5) is 36.9. The van der Waals surface area contributed by atoms with Crippen molar-refractivity contribution in [3.8, 4) is 0 Å². The Morgan fingerprint density at radius 3 is 2.48 bits per heavy atom. The molecule has 7 heteroatoms. The first-order valence-corrected chi connectivity index (χ1v) is 6.57. The number of benzene rings is 1. The first-order chi connectivity index (χ1) is 9.88. The van der Waals surface area contributed by atoms with E-state index in [-0.39, 0.29) is 27.6 Å². The third kappa shape index (κ3) is 3.51. The Bertz CT molecular complexity index is 736. The van der Waals surface area contributed by atoms with Crippen LogP contribution in [0.3, 0.4) is 0 Å². The van der Waals surface area contributed by atoms with Gasteiger partial charge in [-0.3, -0.25) is 14.4 Å². The zero-order valence-electron chi connectivity index (χ0n) is 10.5. The molecule has 0 aliphatic carbocycles. The van der Waals surface area contributed by atoms with Crippen LogP contribution in [0.2, 0.25) is 10.0 Å². The molecule has 0 aliphatic heterocycles. The van der Waals surface area contributed by atoms with Gasteiger partial charge in [-0.2, -0.15) is 0 Å². The molecule has 0 amide bonds. The summed E-state index contributed by atoms with van der Waals surface area (Å²) in [5.41, 5.74) is 0.524. The van der Waals surface area contributed by atoms with Crippen molar-refractivity contribution in [3.63, 3.8) is 0 Å². The highest BCUT2D eigenvalue weighted by atomic mass is 35.5. The fourth-order valence-electron chi connectivity index (χ4n) is 1.75. The summed E-state index contributed by atoms with van der Waals surface area (Å²) in [6.07, 6.45) is 0.693. The zero-order valence-corrected chi connectivity index (χ0v) is 12.0. The molecule has 0 atom stereocenters. The summed E-state index contributed by atoms with van der Waals surface area (Å²) in [5.74, 6) is -2.23. The predicted octanol–water partition coefficient (Wildman–Crippen LogP) is 3.21. The van der Waals surface area contributed by atoms with Gasteiger partial charge < -0.3 is 10.1 Å². The fourth-order valence-corrected chi connectivity index (χ4v) is 2.24. The van der Waals surface area contributed by atoms with E-state index in [1.807, 2.05) is 0 Å². The Labute approximate surface area is 129 Å². The number of carboxylic acids is 1. The van der Waals surface area contributed by atoms with Gasteiger partial charge in [-0.15, -0.1) is 0 Å². The van der Waals surface area contributed by atoms with Crippen molar-refractivity contribution in [2.24, 2.45) is 0 Å². The lowest BCUT2D eigenvalue weighted by atomic mass is 10.1. The number of Topliss-reactive ketones (excluding diaryl/α,β-unsaturated/α-hetero) is 1. The number of aromatic nitrogens is 1. The van der Waals surface area contributed by atoms with Gasteiger partial charge in [0, 0.05) is 22.3 Å². The number of aromatic amines is 1. The highest BCUT2D eigenvalue weighted by molar-refractivity contribution is 6.37. The molecule has 0 radical (unpaired) electrons. The first kappa shape index (κ1) is 15.3. The van der Waals surface area contributed by atoms with Crippen molar-refractivity contribution >= 4 is 40.7 Å². The van der Waals surface area contributed by atoms with Crippen molar-refractivity contribution in [1.82, 2.24) is 4.98 Å². The number of aliphatic carboxylic acids is 1. The summed E-state index contributed by atoms with van der Waals surface area (Å²) in [5, 5.41) is 9.18. The smallest absolute Gasteiger partial charge is 0.311 e. The number of H-pyrrole nitrogens is 1. The van der Waals surface area contributed by atoms with Crippen LogP contribution in [0, 0.1) is 0 Å². The molecular weight excluding hydrogens is 317 g/mol. The van der Waals surface area contributed by atoms with Crippen LogP contribution >= 0.6 is 23.2 Å². The Hall–Kier alpha value is -2.11. The Kier molecular flexibility index (Phi) is 4.45. The van der Waals surface area contributed by atoms with Gasteiger partial charge in [0.15, 0.2) is 11.6 Å². The number of nitrogens with one attached hydrogen (secondary N) is 1. The number of hydrogen-bond acceptors (Lipinski definition) is 3. The van der Waals surface area contributed by atoms with E-state index in [0.717, 1.165) is 0 Å². The molecule has 2 N–H and O–H groups in total. The molecule has 0 saturated carbocycles. The van der Waals surface area contributed by atoms with Crippen molar-refractivity contribution in [1.29, 1.82) is 0 Å². The topological polar surface area (TPSA) is 87.2 Å². The molecule has 1 aromatic heterocycles. The van der Waals surface area contributed by atoms with E-state index >= 15 is 0 Å². The highest BCUT2D eigenvalue weighted by Crippen LogP contribution is 2.23. The fraction of sp³-hybridized carbons (Fsp3) is 0.0714. The Morgan fingerprint density at radius 2 is 1.86 bits per heavy atom. The van der Waals surface area contributed by atoms with Gasteiger partial charge in [0.05, 0.1) is 10.7 Å². The van der Waals surface area contributed by atoms with Gasteiger partial charge in [0.1, 0.15) is 6.42 Å². The first-order valence-electron chi connectivity index (χ1n) is 5.81. The summed E-state index contributed by atoms with van der Waals surface area (Å²) >= 11 is 11.7. The van der Waals surface area contributed by atoms with Crippen molar-refractivity contribution in [2.45, 2.75) is 6.42 Å². The lowest BCUT2D eigenvalue weighted by Crippen LogP contribution is -2.07. The van der Waals surface area contributed by atoms with Crippen LogP contribution in [0.4, 0.5) is 0 Å². The molecule has 0 fully saturated rings. The van der Waals surface area contributed by atoms with Crippen LogP contribution in [-0.4, -0.2) is 27.6 Å². The summed E-state index contributed by atoms with van der Waals surface area (Å²) < 4.78 is 0. The van der Waals surface area contributed by atoms with E-state index in [2.05, 4.69) is 4.98 Å². The van der Waals surface area contributed by atoms with Gasteiger partial charge in [0.2, 0.25) is 0 Å². The Morgan fingerprint density at radius 1 is 1.14 bits per heavy atom. The molecule has 1 aromatic carbocycles. The number of carbonyl (C=O) groups is 3. The molecule has 2 aromatic rings. The van der Waals surface area contributed by atoms with Crippen LogP contribution < -0.4 is 0 Å². The van der Waals surface area contributed by atoms with E-state index in [4.69, 9.17) is 28.3 Å². The summed E-state index contributed by atoms with van der Waals surface area (Å²) in [6, 6.07) is 5.76. The molecule has 0 spiro atoms. The van der Waals surface area contributed by atoms with Crippen LogP contribution in [0.5, 0.6) is 0 Å². The second-order valence-electron chi connectivity index (χ2n) is 4.25. The molecule has 0 saturated heterocycles. The van der Waals surface area contributed by atoms with E-state index in [0.29, 0.717) is 5.02 Å². The molecule has 21 heavy (non-hydrogen) atoms. The third-order valence-corrected chi connectivity index (χ3v) is 3.28. The largest absolute Gasteiger partial charge is 0.481 e. The van der Waals surface area contributed by atoms with E-state index in [9.17, 15) is 14.4 Å². The maximum Gasteiger partial charge on any atom is 0.311 e. The second-order valence-corrected chi connectivity index (χ2v) is 5.09. The number of halogens is 2. The second kappa shape index (κ2) is 6.11. The number of carboxylic acid groups (broad SMARTS) is 1. The minimum absolute atomic E-state index is 0.0610. The summed E-state index contributed by atoms with van der Waals surface area (Å²) in [6.45, 7) is 0. The van der Waals surface area contributed by atoms with Crippen molar-refractivity contribution in [3.05, 3.63) is 57.3 Å². The van der Waals surface area contributed by atoms with Gasteiger partial charge in [-0.25, -0.2) is 0 Å². The highest BCUT2D eigenvalue weighted by Gasteiger charge is 2.18. The van der Waals surface area contributed by atoms with Crippen LogP contribution in [0.25, 0.3) is 0 Å². The van der Waals surface area contributed by atoms with Gasteiger partial charge >= 0.3 is 5.97 Å². The summed E-state index contributed by atoms with van der Waals surface area (Å²) in [7, 11) is 0. The SMILES string of the molecule is O=C(O)CC(=O)c1cc(C(=O)c2ccc(Cl)cc2Cl)c[nH]1. The van der Waals surface area contributed by atoms with Crippen LogP contribution in [0.1, 0.15) is 32.8 Å². The number of rotatable bonds is 5. The molecule has 0 unspecified atom stereocenters. The molecular formula is C14H9Cl2NO4. The molecule has 0 aliphatic rings. The van der Waals surface area contributed by atoms with Crippen molar-refractivity contribution < 1.29 is 19.5 Å². The van der Waals surface area contributed by atoms with Crippen molar-refractivity contribution in [2.75, 3.05) is 0 Å². The molecule has 108 valence electrons. The average Bonchev–Trinajstić information content (AvgIpc) is 2.86. The normalized spacial score (nSPS) is 10.4. The molecule has 1 heterocycles. The minimum atomic E-state index is -1.23. The lowest BCUT2D eigenvalue weighted by molar-refractivity contribution is -0.135. The van der Waals surface area contributed by atoms with E-state index in [1.54, 1.807) is 0 Å². The quantitative estimate of drug-likeness (QED) is 0.652. The number of carbonyl (C=O) groups excluding carboxylic acids is 2. The van der Waals surface area contributed by atoms with Crippen LogP contribution in [0.15, 0.2) is 30.5 Å². The van der Waals surface area contributed by atoms with Gasteiger partial charge in [-0.1, -0.05) is 23.2 Å². The number of ketones is 2. The standard InChI is InChI=1S/C14H9Cl2NO4/c15-8-1-2-9(10(16)4-8)14(21)7-3-11(17-6-7)12(18)5-13(19)20/h1-4,6,17H,5H2,(H,19,20). The van der Waals surface area contributed by atoms with Crippen LogP contribution in [-0.2, 0) is 4.79 Å². The third-order valence-electron chi connectivity index (χ3n) is 2.73. The average molecular weight is 326 g/mol. The molecule has 0 bridgehead atoms.